The average Bonchev–Trinajstić information content (AvgIpc) is 2.89. The molecule has 0 aliphatic heterocycles. The number of aliphatic imine (C=N–C) groups is 1. The molecule has 112 valence electrons. The Hall–Kier alpha value is -2.30. The molecular weight excluding hydrogens is 262 g/mol. The summed E-state index contributed by atoms with van der Waals surface area (Å²) in [6, 6.07) is 8.39. The van der Waals surface area contributed by atoms with Crippen molar-refractivity contribution in [2.45, 2.75) is 39.4 Å². The van der Waals surface area contributed by atoms with Crippen LogP contribution in [-0.4, -0.2) is 21.0 Å². The van der Waals surface area contributed by atoms with Gasteiger partial charge in [-0.05, 0) is 31.9 Å². The van der Waals surface area contributed by atoms with Gasteiger partial charge in [0.2, 0.25) is 0 Å². The normalized spacial score (nSPS) is 12.4. The number of rotatable bonds is 4. The van der Waals surface area contributed by atoms with Crippen molar-refractivity contribution in [2.24, 2.45) is 10.7 Å². The summed E-state index contributed by atoms with van der Waals surface area (Å²) in [5.41, 5.74) is 8.17. The van der Waals surface area contributed by atoms with E-state index in [1.165, 1.54) is 5.56 Å². The number of nitrogens with two attached hydrogens (primary N) is 1. The Balaban J connectivity index is 1.92. The molecule has 5 heteroatoms. The van der Waals surface area contributed by atoms with E-state index in [4.69, 9.17) is 5.73 Å². The molecule has 0 fully saturated rings. The highest BCUT2D eigenvalue weighted by molar-refractivity contribution is 5.78. The number of nitrogens with zero attached hydrogens (tertiary/aromatic N) is 3. The number of benzene rings is 1. The second kappa shape index (κ2) is 6.43. The van der Waals surface area contributed by atoms with Crippen LogP contribution >= 0.6 is 0 Å². The standard InChI is InChI=1S/C16H23N5/c1-16(2,3)20-15(17)19-10-13-4-6-14(7-5-13)11-21-9-8-18-12-21/h4-9,12H,10-11H2,1-3H3,(H3,17,19,20). The smallest absolute Gasteiger partial charge is 0.189 e. The second-order valence-electron chi connectivity index (χ2n) is 6.13. The topological polar surface area (TPSA) is 68.2 Å². The van der Waals surface area contributed by atoms with Crippen molar-refractivity contribution in [3.8, 4) is 0 Å². The molecule has 0 saturated carbocycles. The fraction of sp³-hybridized carbons (Fsp3) is 0.375. The molecule has 21 heavy (non-hydrogen) atoms. The first-order valence-corrected chi connectivity index (χ1v) is 7.04. The first kappa shape index (κ1) is 15.1. The van der Waals surface area contributed by atoms with E-state index < -0.39 is 0 Å². The Morgan fingerprint density at radius 1 is 1.24 bits per heavy atom. The molecule has 1 aromatic carbocycles. The Morgan fingerprint density at radius 3 is 2.48 bits per heavy atom. The van der Waals surface area contributed by atoms with Gasteiger partial charge >= 0.3 is 0 Å². The van der Waals surface area contributed by atoms with E-state index in [-0.39, 0.29) is 5.54 Å². The molecule has 0 bridgehead atoms. The molecule has 0 amide bonds. The van der Waals surface area contributed by atoms with Gasteiger partial charge in [-0.2, -0.15) is 0 Å². The van der Waals surface area contributed by atoms with Gasteiger partial charge in [-0.1, -0.05) is 24.3 Å². The third kappa shape index (κ3) is 5.30. The fourth-order valence-corrected chi connectivity index (χ4v) is 1.94. The lowest BCUT2D eigenvalue weighted by Crippen LogP contribution is -2.44. The van der Waals surface area contributed by atoms with Crippen LogP contribution < -0.4 is 11.1 Å². The van der Waals surface area contributed by atoms with Gasteiger partial charge in [0.05, 0.1) is 12.9 Å². The minimum Gasteiger partial charge on any atom is -0.370 e. The number of guanidine groups is 1. The van der Waals surface area contributed by atoms with Crippen LogP contribution in [0.25, 0.3) is 0 Å². The van der Waals surface area contributed by atoms with Gasteiger partial charge in [-0.3, -0.25) is 0 Å². The number of nitrogens with one attached hydrogen (secondary N) is 1. The number of hydrogen-bond acceptors (Lipinski definition) is 2. The molecule has 2 aromatic rings. The highest BCUT2D eigenvalue weighted by atomic mass is 15.1. The Morgan fingerprint density at radius 2 is 1.90 bits per heavy atom. The van der Waals surface area contributed by atoms with Crippen LogP contribution in [0.4, 0.5) is 0 Å². The van der Waals surface area contributed by atoms with Crippen LogP contribution in [0, 0.1) is 0 Å². The zero-order chi connectivity index (χ0) is 15.3. The second-order valence-corrected chi connectivity index (χ2v) is 6.13. The van der Waals surface area contributed by atoms with Gasteiger partial charge < -0.3 is 15.6 Å². The molecule has 3 N–H and O–H groups in total. The van der Waals surface area contributed by atoms with E-state index in [9.17, 15) is 0 Å². The Bertz CT molecular complexity index is 576. The highest BCUT2D eigenvalue weighted by Crippen LogP contribution is 2.07. The minimum atomic E-state index is -0.0672. The maximum absolute atomic E-state index is 5.86. The lowest BCUT2D eigenvalue weighted by Gasteiger charge is -2.20. The van der Waals surface area contributed by atoms with Crippen LogP contribution in [0.2, 0.25) is 0 Å². The molecule has 0 atom stereocenters. The van der Waals surface area contributed by atoms with Crippen molar-refractivity contribution >= 4 is 5.96 Å². The lowest BCUT2D eigenvalue weighted by molar-refractivity contribution is 0.508. The maximum Gasteiger partial charge on any atom is 0.189 e. The first-order valence-electron chi connectivity index (χ1n) is 7.04. The van der Waals surface area contributed by atoms with Crippen molar-refractivity contribution in [3.63, 3.8) is 0 Å². The van der Waals surface area contributed by atoms with Gasteiger partial charge in [0.15, 0.2) is 5.96 Å². The summed E-state index contributed by atoms with van der Waals surface area (Å²) in [7, 11) is 0. The third-order valence-corrected chi connectivity index (χ3v) is 2.88. The molecular formula is C16H23N5. The summed E-state index contributed by atoms with van der Waals surface area (Å²) in [4.78, 5) is 8.39. The SMILES string of the molecule is CC(C)(C)NC(N)=NCc1ccc(Cn2ccnc2)cc1. The summed E-state index contributed by atoms with van der Waals surface area (Å²) in [6.07, 6.45) is 5.56. The summed E-state index contributed by atoms with van der Waals surface area (Å²) in [6.45, 7) is 7.58. The zero-order valence-corrected chi connectivity index (χ0v) is 12.9. The van der Waals surface area contributed by atoms with Gasteiger partial charge in [0.1, 0.15) is 0 Å². The maximum atomic E-state index is 5.86. The van der Waals surface area contributed by atoms with Crippen LogP contribution in [0.15, 0.2) is 48.0 Å². The molecule has 0 saturated heterocycles. The summed E-state index contributed by atoms with van der Waals surface area (Å²) in [5, 5.41) is 3.15. The fourth-order valence-electron chi connectivity index (χ4n) is 1.94. The molecule has 5 nitrogen and oxygen atoms in total. The van der Waals surface area contributed by atoms with E-state index in [0.29, 0.717) is 12.5 Å². The van der Waals surface area contributed by atoms with Crippen LogP contribution in [0.5, 0.6) is 0 Å². The van der Waals surface area contributed by atoms with E-state index in [1.54, 1.807) is 6.20 Å². The van der Waals surface area contributed by atoms with Crippen molar-refractivity contribution in [1.82, 2.24) is 14.9 Å². The minimum absolute atomic E-state index is 0.0672. The molecule has 0 aliphatic rings. The molecule has 0 spiro atoms. The molecule has 1 heterocycles. The lowest BCUT2D eigenvalue weighted by atomic mass is 10.1. The summed E-state index contributed by atoms with van der Waals surface area (Å²) >= 11 is 0. The van der Waals surface area contributed by atoms with Gasteiger partial charge in [-0.25, -0.2) is 9.98 Å². The van der Waals surface area contributed by atoms with Crippen LogP contribution in [-0.2, 0) is 13.1 Å². The van der Waals surface area contributed by atoms with E-state index in [0.717, 1.165) is 12.1 Å². The van der Waals surface area contributed by atoms with Crippen molar-refractivity contribution in [3.05, 3.63) is 54.1 Å². The van der Waals surface area contributed by atoms with Gasteiger partial charge in [0.25, 0.3) is 0 Å². The predicted molar refractivity (Wildman–Crippen MR) is 86.0 cm³/mol. The average molecular weight is 285 g/mol. The largest absolute Gasteiger partial charge is 0.370 e. The monoisotopic (exact) mass is 285 g/mol. The zero-order valence-electron chi connectivity index (χ0n) is 12.9. The summed E-state index contributed by atoms with van der Waals surface area (Å²) in [5.74, 6) is 0.477. The molecule has 1 aromatic heterocycles. The highest BCUT2D eigenvalue weighted by Gasteiger charge is 2.09. The molecule has 0 radical (unpaired) electrons. The molecule has 0 unspecified atom stereocenters. The Kier molecular flexibility index (Phi) is 4.62. The van der Waals surface area contributed by atoms with E-state index >= 15 is 0 Å². The Labute approximate surface area is 125 Å². The van der Waals surface area contributed by atoms with Gasteiger partial charge in [-0.15, -0.1) is 0 Å². The molecule has 2 rings (SSSR count). The number of hydrogen-bond donors (Lipinski definition) is 2. The van der Waals surface area contributed by atoms with Crippen molar-refractivity contribution in [1.29, 1.82) is 0 Å². The third-order valence-electron chi connectivity index (χ3n) is 2.88. The number of imidazole rings is 1. The van der Waals surface area contributed by atoms with Crippen LogP contribution in [0.1, 0.15) is 31.9 Å². The first-order chi connectivity index (χ1) is 9.92. The van der Waals surface area contributed by atoms with Crippen molar-refractivity contribution < 1.29 is 0 Å². The number of aromatic nitrogens is 2. The van der Waals surface area contributed by atoms with Crippen LogP contribution in [0.3, 0.4) is 0 Å². The predicted octanol–water partition coefficient (Wildman–Crippen LogP) is 2.13. The van der Waals surface area contributed by atoms with Crippen molar-refractivity contribution in [2.75, 3.05) is 0 Å². The van der Waals surface area contributed by atoms with Gasteiger partial charge in [0, 0.05) is 24.5 Å². The van der Waals surface area contributed by atoms with E-state index in [1.807, 2.05) is 17.1 Å². The molecule has 0 aliphatic carbocycles. The van der Waals surface area contributed by atoms with E-state index in [2.05, 4.69) is 60.3 Å². The quantitative estimate of drug-likeness (QED) is 0.668. The summed E-state index contributed by atoms with van der Waals surface area (Å²) < 4.78 is 2.04.